The molecule has 5 nitrogen and oxygen atoms in total. The van der Waals surface area contributed by atoms with Gasteiger partial charge in [-0.05, 0) is 74.2 Å². The van der Waals surface area contributed by atoms with Crippen molar-refractivity contribution in [2.45, 2.75) is 19.8 Å². The first-order valence-electron chi connectivity index (χ1n) is 8.75. The van der Waals surface area contributed by atoms with Crippen LogP contribution in [0.15, 0.2) is 53.6 Å². The number of rotatable bonds is 6. The summed E-state index contributed by atoms with van der Waals surface area (Å²) in [6.07, 6.45) is 8.36. The monoisotopic (exact) mass is 579 g/mol. The first-order valence-corrected chi connectivity index (χ1v) is 11.1. The van der Waals surface area contributed by atoms with Gasteiger partial charge in [-0.2, -0.15) is 9.78 Å². The number of fused-ring (bicyclic) bond motifs is 1. The van der Waals surface area contributed by atoms with Crippen molar-refractivity contribution in [2.75, 3.05) is 6.61 Å². The number of aryl methyl sites for hydroxylation is 1. The van der Waals surface area contributed by atoms with Gasteiger partial charge in [-0.3, -0.25) is 4.79 Å². The molecule has 29 heavy (non-hydrogen) atoms. The number of hydrogen-bond donors (Lipinski definition) is 0. The minimum Gasteiger partial charge on any atom is -0.479 e. The van der Waals surface area contributed by atoms with Crippen LogP contribution in [-0.2, 0) is 6.42 Å². The Balaban J connectivity index is 2.06. The van der Waals surface area contributed by atoms with Crippen molar-refractivity contribution in [1.82, 2.24) is 9.66 Å². The zero-order chi connectivity index (χ0) is 21.0. The van der Waals surface area contributed by atoms with Crippen LogP contribution in [0.1, 0.15) is 24.7 Å². The fraction of sp³-hybridized carbons (Fsp3) is 0.190. The molecule has 8 heteroatoms. The Bertz CT molecular complexity index is 1170. The number of terminal acetylenes is 1. The third-order valence-corrected chi connectivity index (χ3v) is 5.66. The lowest BCUT2D eigenvalue weighted by molar-refractivity contribution is 0.365. The Morgan fingerprint density at radius 3 is 2.62 bits per heavy atom. The maximum atomic E-state index is 13.0. The van der Waals surface area contributed by atoms with Gasteiger partial charge in [0.15, 0.2) is 0 Å². The summed E-state index contributed by atoms with van der Waals surface area (Å²) in [5.74, 6) is 3.67. The minimum atomic E-state index is -0.205. The van der Waals surface area contributed by atoms with Crippen molar-refractivity contribution in [2.24, 2.45) is 5.10 Å². The van der Waals surface area contributed by atoms with Crippen LogP contribution in [0.25, 0.3) is 10.9 Å². The lowest BCUT2D eigenvalue weighted by Gasteiger charge is -2.10. The molecule has 0 aliphatic heterocycles. The van der Waals surface area contributed by atoms with Gasteiger partial charge in [0.25, 0.3) is 5.56 Å². The molecule has 0 N–H and O–H groups in total. The van der Waals surface area contributed by atoms with Crippen molar-refractivity contribution in [1.29, 1.82) is 0 Å². The van der Waals surface area contributed by atoms with Crippen molar-refractivity contribution in [3.05, 3.63) is 65.5 Å². The topological polar surface area (TPSA) is 56.5 Å². The second-order valence-corrected chi connectivity index (χ2v) is 8.73. The SMILES string of the molecule is C#CCOc1c(Br)cc(C=Nn2c(CCC)nc3ccc(Br)cc3c2=O)cc1Br. The van der Waals surface area contributed by atoms with Gasteiger partial charge in [0.05, 0.1) is 26.1 Å². The summed E-state index contributed by atoms with van der Waals surface area (Å²) in [4.78, 5) is 17.7. The third-order valence-electron chi connectivity index (χ3n) is 3.99. The summed E-state index contributed by atoms with van der Waals surface area (Å²) in [7, 11) is 0. The fourth-order valence-corrected chi connectivity index (χ4v) is 4.54. The number of aromatic nitrogens is 2. The van der Waals surface area contributed by atoms with E-state index in [-0.39, 0.29) is 12.2 Å². The highest BCUT2D eigenvalue weighted by Gasteiger charge is 2.11. The molecule has 148 valence electrons. The molecule has 0 aliphatic carbocycles. The number of benzene rings is 2. The standard InChI is InChI=1S/C21H16Br3N3O2/c1-3-5-19-26-18-7-6-14(22)11-15(18)21(28)27(19)25-12-13-9-16(23)20(17(24)10-13)29-8-4-2/h2,6-7,9-12H,3,5,8H2,1H3. The normalized spacial score (nSPS) is 11.1. The summed E-state index contributed by atoms with van der Waals surface area (Å²) in [6, 6.07) is 9.15. The van der Waals surface area contributed by atoms with E-state index >= 15 is 0 Å². The fourth-order valence-electron chi connectivity index (χ4n) is 2.73. The highest BCUT2D eigenvalue weighted by atomic mass is 79.9. The average Bonchev–Trinajstić information content (AvgIpc) is 2.68. The van der Waals surface area contributed by atoms with Crippen LogP contribution in [0.2, 0.25) is 0 Å². The summed E-state index contributed by atoms with van der Waals surface area (Å²) < 4.78 is 9.16. The molecule has 1 heterocycles. The molecule has 0 fully saturated rings. The highest BCUT2D eigenvalue weighted by molar-refractivity contribution is 9.11. The van der Waals surface area contributed by atoms with Gasteiger partial charge in [-0.15, -0.1) is 6.42 Å². The molecular weight excluding hydrogens is 566 g/mol. The van der Waals surface area contributed by atoms with E-state index in [9.17, 15) is 4.79 Å². The van der Waals surface area contributed by atoms with E-state index in [0.717, 1.165) is 25.4 Å². The second-order valence-electron chi connectivity index (χ2n) is 6.11. The number of halogens is 3. The summed E-state index contributed by atoms with van der Waals surface area (Å²) >= 11 is 10.4. The van der Waals surface area contributed by atoms with Crippen molar-refractivity contribution in [3.8, 4) is 18.1 Å². The average molecular weight is 582 g/mol. The smallest absolute Gasteiger partial charge is 0.282 e. The Hall–Kier alpha value is -1.95. The molecule has 0 radical (unpaired) electrons. The first kappa shape index (κ1) is 21.8. The second kappa shape index (κ2) is 9.70. The Morgan fingerprint density at radius 1 is 1.24 bits per heavy atom. The quantitative estimate of drug-likeness (QED) is 0.284. The van der Waals surface area contributed by atoms with Crippen molar-refractivity contribution >= 4 is 64.9 Å². The molecule has 3 aromatic rings. The van der Waals surface area contributed by atoms with E-state index in [1.807, 2.05) is 31.2 Å². The molecule has 1 aromatic heterocycles. The van der Waals surface area contributed by atoms with E-state index in [1.165, 1.54) is 4.68 Å². The predicted molar refractivity (Wildman–Crippen MR) is 127 cm³/mol. The van der Waals surface area contributed by atoms with E-state index < -0.39 is 0 Å². The highest BCUT2D eigenvalue weighted by Crippen LogP contribution is 2.34. The van der Waals surface area contributed by atoms with E-state index in [4.69, 9.17) is 11.2 Å². The van der Waals surface area contributed by atoms with Gasteiger partial charge in [0.1, 0.15) is 18.2 Å². The molecule has 0 saturated heterocycles. The zero-order valence-corrected chi connectivity index (χ0v) is 20.2. The molecule has 0 amide bonds. The van der Waals surface area contributed by atoms with E-state index in [0.29, 0.717) is 28.9 Å². The van der Waals surface area contributed by atoms with Gasteiger partial charge in [-0.1, -0.05) is 28.8 Å². The maximum Gasteiger partial charge on any atom is 0.282 e. The molecule has 0 atom stereocenters. The zero-order valence-electron chi connectivity index (χ0n) is 15.5. The molecule has 0 bridgehead atoms. The molecular formula is C21H16Br3N3O2. The third kappa shape index (κ3) is 4.97. The molecule has 0 unspecified atom stereocenters. The van der Waals surface area contributed by atoms with Crippen LogP contribution in [-0.4, -0.2) is 22.5 Å². The van der Waals surface area contributed by atoms with Gasteiger partial charge < -0.3 is 4.74 Å². The predicted octanol–water partition coefficient (Wildman–Crippen LogP) is 5.53. The molecule has 2 aromatic carbocycles. The van der Waals surface area contributed by atoms with Crippen LogP contribution < -0.4 is 10.3 Å². The Morgan fingerprint density at radius 2 is 1.97 bits per heavy atom. The van der Waals surface area contributed by atoms with Gasteiger partial charge in [0, 0.05) is 10.9 Å². The van der Waals surface area contributed by atoms with Crippen LogP contribution in [0, 0.1) is 12.3 Å². The van der Waals surface area contributed by atoms with E-state index in [2.05, 4.69) is 63.8 Å². The summed E-state index contributed by atoms with van der Waals surface area (Å²) in [6.45, 7) is 2.20. The first-order chi connectivity index (χ1) is 13.9. The van der Waals surface area contributed by atoms with Crippen LogP contribution >= 0.6 is 47.8 Å². The van der Waals surface area contributed by atoms with Crippen LogP contribution in [0.4, 0.5) is 0 Å². The number of ether oxygens (including phenoxy) is 1. The largest absolute Gasteiger partial charge is 0.479 e. The Kier molecular flexibility index (Phi) is 7.28. The lowest BCUT2D eigenvalue weighted by Crippen LogP contribution is -2.22. The number of hydrogen-bond acceptors (Lipinski definition) is 4. The molecule has 3 rings (SSSR count). The Labute approximate surface area is 193 Å². The van der Waals surface area contributed by atoms with Gasteiger partial charge in [-0.25, -0.2) is 4.98 Å². The summed E-state index contributed by atoms with van der Waals surface area (Å²) in [5.41, 5.74) is 1.23. The van der Waals surface area contributed by atoms with Crippen LogP contribution in [0.3, 0.4) is 0 Å². The van der Waals surface area contributed by atoms with Crippen molar-refractivity contribution in [3.63, 3.8) is 0 Å². The molecule has 0 saturated carbocycles. The van der Waals surface area contributed by atoms with Crippen LogP contribution in [0.5, 0.6) is 5.75 Å². The minimum absolute atomic E-state index is 0.165. The lowest BCUT2D eigenvalue weighted by atomic mass is 10.2. The number of nitrogens with zero attached hydrogens (tertiary/aromatic N) is 3. The summed E-state index contributed by atoms with van der Waals surface area (Å²) in [5, 5.41) is 4.95. The molecule has 0 aliphatic rings. The van der Waals surface area contributed by atoms with E-state index in [1.54, 1.807) is 12.3 Å². The van der Waals surface area contributed by atoms with Crippen molar-refractivity contribution < 1.29 is 4.74 Å². The maximum absolute atomic E-state index is 13.0. The molecule has 0 spiro atoms. The van der Waals surface area contributed by atoms with Gasteiger partial charge >= 0.3 is 0 Å². The van der Waals surface area contributed by atoms with Gasteiger partial charge in [0.2, 0.25) is 0 Å².